The van der Waals surface area contributed by atoms with Crippen LogP contribution in [0.25, 0.3) is 55.6 Å². The number of pyridine rings is 6. The average molecular weight is 674 g/mol. The summed E-state index contributed by atoms with van der Waals surface area (Å²) in [5.41, 5.74) is 9.18. The van der Waals surface area contributed by atoms with Crippen molar-refractivity contribution >= 4 is 32.8 Å². The largest absolute Gasteiger partial charge is 2.00 e. The molecule has 0 aliphatic heterocycles. The summed E-state index contributed by atoms with van der Waals surface area (Å²) in [5.74, 6) is 0. The van der Waals surface area contributed by atoms with Crippen LogP contribution in [0.2, 0.25) is 0 Å². The molecule has 8 nitrogen and oxygen atoms in total. The minimum Gasteiger partial charge on any atom is -0.255 e. The van der Waals surface area contributed by atoms with Crippen LogP contribution in [0.15, 0.2) is 134 Å². The SMILES string of the molecule is Cc1ccc2c3nccnc3c3ccc(C)nc3c2n1.[Ru+2].c1ccc(-c2ccccn2)nc1.c1ccc(-c2ccccn2)nc1. The van der Waals surface area contributed by atoms with E-state index in [1.165, 1.54) is 0 Å². The van der Waals surface area contributed by atoms with Crippen molar-refractivity contribution in [2.24, 2.45) is 0 Å². The van der Waals surface area contributed by atoms with E-state index in [9.17, 15) is 0 Å². The van der Waals surface area contributed by atoms with E-state index in [1.54, 1.807) is 37.2 Å². The van der Waals surface area contributed by atoms with Crippen LogP contribution in [0.1, 0.15) is 11.4 Å². The van der Waals surface area contributed by atoms with Crippen LogP contribution in [0.4, 0.5) is 0 Å². The Morgan fingerprint density at radius 1 is 0.333 bits per heavy atom. The number of aromatic nitrogens is 8. The molecular formula is C36H28N8Ru+2. The Labute approximate surface area is 273 Å². The van der Waals surface area contributed by atoms with Crippen molar-refractivity contribution in [2.45, 2.75) is 13.8 Å². The van der Waals surface area contributed by atoms with Gasteiger partial charge in [0.15, 0.2) is 0 Å². The molecule has 0 amide bonds. The minimum atomic E-state index is 0. The summed E-state index contributed by atoms with van der Waals surface area (Å²) in [6.45, 7) is 3.98. The van der Waals surface area contributed by atoms with Crippen molar-refractivity contribution in [3.63, 3.8) is 0 Å². The Hall–Kier alpha value is -5.40. The third-order valence-corrected chi connectivity index (χ3v) is 6.69. The maximum atomic E-state index is 4.66. The monoisotopic (exact) mass is 674 g/mol. The van der Waals surface area contributed by atoms with Gasteiger partial charge in [0.1, 0.15) is 0 Å². The van der Waals surface area contributed by atoms with Gasteiger partial charge in [0.05, 0.1) is 44.8 Å². The molecule has 8 rings (SSSR count). The van der Waals surface area contributed by atoms with E-state index in [0.29, 0.717) is 0 Å². The number of nitrogens with zero attached hydrogens (tertiary/aromatic N) is 8. The molecule has 0 radical (unpaired) electrons. The Morgan fingerprint density at radius 2 is 0.667 bits per heavy atom. The van der Waals surface area contributed by atoms with Crippen molar-refractivity contribution in [3.05, 3.63) is 146 Å². The van der Waals surface area contributed by atoms with Crippen LogP contribution in [0, 0.1) is 13.8 Å². The van der Waals surface area contributed by atoms with E-state index in [0.717, 1.165) is 67.0 Å². The zero-order valence-corrected chi connectivity index (χ0v) is 26.4. The van der Waals surface area contributed by atoms with Gasteiger partial charge in [0.2, 0.25) is 0 Å². The second-order valence-electron chi connectivity index (χ2n) is 9.81. The number of aryl methyl sites for hydroxylation is 2. The van der Waals surface area contributed by atoms with Crippen LogP contribution in [-0.4, -0.2) is 39.9 Å². The smallest absolute Gasteiger partial charge is 0.255 e. The van der Waals surface area contributed by atoms with E-state index in [4.69, 9.17) is 0 Å². The molecule has 9 heteroatoms. The van der Waals surface area contributed by atoms with E-state index >= 15 is 0 Å². The van der Waals surface area contributed by atoms with Crippen LogP contribution < -0.4 is 0 Å². The Bertz CT molecular complexity index is 1900. The van der Waals surface area contributed by atoms with Gasteiger partial charge in [0, 0.05) is 59.3 Å². The average Bonchev–Trinajstić information content (AvgIpc) is 3.10. The van der Waals surface area contributed by atoms with Gasteiger partial charge in [0.25, 0.3) is 0 Å². The van der Waals surface area contributed by atoms with E-state index < -0.39 is 0 Å². The fourth-order valence-electron chi connectivity index (χ4n) is 4.65. The molecule has 0 N–H and O–H groups in total. The van der Waals surface area contributed by atoms with E-state index in [1.807, 2.05) is 98.8 Å². The Kier molecular flexibility index (Phi) is 10.3. The number of benzene rings is 1. The van der Waals surface area contributed by atoms with Gasteiger partial charge in [-0.25, -0.2) is 0 Å². The second-order valence-corrected chi connectivity index (χ2v) is 9.81. The fraction of sp³-hybridized carbons (Fsp3) is 0.0556. The van der Waals surface area contributed by atoms with Crippen LogP contribution in [0.5, 0.6) is 0 Å². The summed E-state index contributed by atoms with van der Waals surface area (Å²) >= 11 is 0. The summed E-state index contributed by atoms with van der Waals surface area (Å²) in [7, 11) is 0. The topological polar surface area (TPSA) is 103 Å². The first-order valence-corrected chi connectivity index (χ1v) is 14.1. The van der Waals surface area contributed by atoms with Gasteiger partial charge in [-0.2, -0.15) is 0 Å². The Morgan fingerprint density at radius 3 is 0.956 bits per heavy atom. The first kappa shape index (κ1) is 31.0. The molecule has 0 saturated carbocycles. The maximum absolute atomic E-state index is 4.66. The van der Waals surface area contributed by atoms with Gasteiger partial charge in [-0.3, -0.25) is 39.9 Å². The van der Waals surface area contributed by atoms with Gasteiger partial charge in [-0.1, -0.05) is 24.3 Å². The molecule has 7 aromatic heterocycles. The molecule has 0 atom stereocenters. The van der Waals surface area contributed by atoms with Gasteiger partial charge >= 0.3 is 19.5 Å². The third-order valence-electron chi connectivity index (χ3n) is 6.69. The zero-order valence-electron chi connectivity index (χ0n) is 24.6. The number of hydrogen-bond acceptors (Lipinski definition) is 8. The summed E-state index contributed by atoms with van der Waals surface area (Å²) in [4.78, 5) is 35.0. The van der Waals surface area contributed by atoms with Crippen molar-refractivity contribution in [1.29, 1.82) is 0 Å². The van der Waals surface area contributed by atoms with Crippen LogP contribution in [0.3, 0.4) is 0 Å². The number of rotatable bonds is 2. The fourth-order valence-corrected chi connectivity index (χ4v) is 4.65. The normalized spacial score (nSPS) is 10.3. The molecule has 1 aromatic carbocycles. The van der Waals surface area contributed by atoms with Crippen molar-refractivity contribution < 1.29 is 19.5 Å². The summed E-state index contributed by atoms with van der Waals surface area (Å²) in [6.07, 6.45) is 10.5. The second kappa shape index (κ2) is 14.9. The quantitative estimate of drug-likeness (QED) is 0.136. The molecular weight excluding hydrogens is 646 g/mol. The molecule has 0 aliphatic carbocycles. The van der Waals surface area contributed by atoms with Gasteiger partial charge < -0.3 is 0 Å². The van der Waals surface area contributed by atoms with Gasteiger partial charge in [-0.05, 0) is 86.6 Å². The minimum absolute atomic E-state index is 0. The predicted molar refractivity (Wildman–Crippen MR) is 175 cm³/mol. The molecule has 0 fully saturated rings. The first-order valence-electron chi connectivity index (χ1n) is 14.1. The molecule has 8 aromatic rings. The molecule has 0 saturated heterocycles. The molecule has 0 unspecified atom stereocenters. The first-order chi connectivity index (χ1) is 21.7. The molecule has 218 valence electrons. The summed E-state index contributed by atoms with van der Waals surface area (Å²) in [6, 6.07) is 31.3. The molecule has 0 spiro atoms. The third kappa shape index (κ3) is 7.40. The summed E-state index contributed by atoms with van der Waals surface area (Å²) < 4.78 is 0. The van der Waals surface area contributed by atoms with E-state index in [2.05, 4.69) is 52.0 Å². The van der Waals surface area contributed by atoms with Crippen molar-refractivity contribution in [1.82, 2.24) is 39.9 Å². The summed E-state index contributed by atoms with van der Waals surface area (Å²) in [5, 5.41) is 2.01. The van der Waals surface area contributed by atoms with Gasteiger partial charge in [-0.15, -0.1) is 0 Å². The maximum Gasteiger partial charge on any atom is 2.00 e. The number of fused-ring (bicyclic) bond motifs is 6. The molecule has 45 heavy (non-hydrogen) atoms. The van der Waals surface area contributed by atoms with E-state index in [-0.39, 0.29) is 19.5 Å². The zero-order chi connectivity index (χ0) is 30.1. The molecule has 0 aliphatic rings. The van der Waals surface area contributed by atoms with Crippen molar-refractivity contribution in [3.8, 4) is 22.8 Å². The molecule has 7 heterocycles. The number of hydrogen-bond donors (Lipinski definition) is 0. The van der Waals surface area contributed by atoms with Crippen LogP contribution >= 0.6 is 0 Å². The van der Waals surface area contributed by atoms with Crippen LogP contribution in [-0.2, 0) is 19.5 Å². The van der Waals surface area contributed by atoms with Crippen molar-refractivity contribution in [2.75, 3.05) is 0 Å². The Balaban J connectivity index is 0.000000139. The molecule has 0 bridgehead atoms. The predicted octanol–water partition coefficient (Wildman–Crippen LogP) is 7.63. The standard InChI is InChI=1S/C16H12N4.2C10H8N2.Ru/c1-9-3-5-11-13-14(18-8-7-17-13)12-6-4-10(2)20-16(12)15(11)19-9;2*1-3-7-11-9(5-1)10-6-2-4-8-12-10;/h3-8H,1-2H3;2*1-8H;/q;;;+2.